The van der Waals surface area contributed by atoms with Gasteiger partial charge in [-0.1, -0.05) is 50.2 Å². The van der Waals surface area contributed by atoms with Gasteiger partial charge in [0.25, 0.3) is 0 Å². The first-order chi connectivity index (χ1) is 15.1. The van der Waals surface area contributed by atoms with Crippen molar-refractivity contribution in [2.45, 2.75) is 39.3 Å². The molecule has 5 heteroatoms. The normalized spacial score (nSPS) is 12.6. The highest BCUT2D eigenvalue weighted by Gasteiger charge is 2.30. The molecule has 0 spiro atoms. The Morgan fingerprint density at radius 1 is 0.844 bits per heavy atom. The van der Waals surface area contributed by atoms with Crippen LogP contribution >= 0.6 is 0 Å². The van der Waals surface area contributed by atoms with E-state index in [9.17, 15) is 18.0 Å². The Morgan fingerprint density at radius 3 is 1.75 bits per heavy atom. The van der Waals surface area contributed by atoms with E-state index in [2.05, 4.69) is 13.8 Å². The number of rotatable bonds is 7. The van der Waals surface area contributed by atoms with Crippen LogP contribution < -0.4 is 4.74 Å². The van der Waals surface area contributed by atoms with E-state index < -0.39 is 11.7 Å². The lowest BCUT2D eigenvalue weighted by molar-refractivity contribution is -0.137. The minimum absolute atomic E-state index is 0.0731. The van der Waals surface area contributed by atoms with Gasteiger partial charge in [-0.05, 0) is 77.4 Å². The van der Waals surface area contributed by atoms with Gasteiger partial charge in [0.05, 0.1) is 12.7 Å². The Bertz CT molecular complexity index is 1070. The molecule has 0 fully saturated rings. The zero-order valence-electron chi connectivity index (χ0n) is 18.7. The summed E-state index contributed by atoms with van der Waals surface area (Å²) in [5, 5.41) is 0. The van der Waals surface area contributed by atoms with Gasteiger partial charge in [0, 0.05) is 5.92 Å². The number of halogens is 3. The summed E-state index contributed by atoms with van der Waals surface area (Å²) in [6.45, 7) is 5.73. The summed E-state index contributed by atoms with van der Waals surface area (Å²) in [5.41, 5.74) is 3.46. The molecule has 0 unspecified atom stereocenters. The minimum atomic E-state index is -4.38. The molecule has 0 aliphatic rings. The third kappa shape index (κ3) is 5.58. The molecule has 1 atom stereocenters. The molecule has 168 valence electrons. The summed E-state index contributed by atoms with van der Waals surface area (Å²) in [6.07, 6.45) is -3.68. The number of ketones is 1. The van der Waals surface area contributed by atoms with E-state index >= 15 is 0 Å². The smallest absolute Gasteiger partial charge is 0.416 e. The van der Waals surface area contributed by atoms with E-state index in [0.717, 1.165) is 40.1 Å². The quantitative estimate of drug-likeness (QED) is 0.375. The van der Waals surface area contributed by atoms with Crippen molar-refractivity contribution in [2.75, 3.05) is 7.11 Å². The average molecular weight is 441 g/mol. The van der Waals surface area contributed by atoms with Crippen LogP contribution in [0.4, 0.5) is 13.2 Å². The molecular formula is C27H27F3O2. The van der Waals surface area contributed by atoms with Gasteiger partial charge >= 0.3 is 6.18 Å². The number of alkyl halides is 3. The zero-order chi connectivity index (χ0) is 23.5. The number of carbonyl (C=O) groups is 1. The maximum Gasteiger partial charge on any atom is 0.416 e. The van der Waals surface area contributed by atoms with Crippen LogP contribution in [0.5, 0.6) is 5.75 Å². The number of hydrogen-bond donors (Lipinski definition) is 0. The third-order valence-electron chi connectivity index (χ3n) is 5.52. The van der Waals surface area contributed by atoms with Crippen molar-refractivity contribution in [3.05, 3.63) is 77.9 Å². The average Bonchev–Trinajstić information content (AvgIpc) is 2.76. The predicted octanol–water partition coefficient (Wildman–Crippen LogP) is 7.77. The van der Waals surface area contributed by atoms with Crippen molar-refractivity contribution in [3.63, 3.8) is 0 Å². The summed E-state index contributed by atoms with van der Waals surface area (Å²) >= 11 is 0. The van der Waals surface area contributed by atoms with Gasteiger partial charge in [-0.2, -0.15) is 13.2 Å². The van der Waals surface area contributed by atoms with Gasteiger partial charge < -0.3 is 4.74 Å². The molecule has 0 N–H and O–H groups in total. The van der Waals surface area contributed by atoms with Crippen molar-refractivity contribution in [3.8, 4) is 28.0 Å². The molecule has 0 heterocycles. The first-order valence-electron chi connectivity index (χ1n) is 10.6. The van der Waals surface area contributed by atoms with Gasteiger partial charge in [0.15, 0.2) is 0 Å². The van der Waals surface area contributed by atoms with E-state index in [1.54, 1.807) is 14.0 Å². The van der Waals surface area contributed by atoms with Crippen molar-refractivity contribution < 1.29 is 22.7 Å². The van der Waals surface area contributed by atoms with E-state index in [1.807, 2.05) is 42.5 Å². The lowest BCUT2D eigenvalue weighted by Gasteiger charge is -2.19. The largest absolute Gasteiger partial charge is 0.497 e. The van der Waals surface area contributed by atoms with Crippen LogP contribution in [0.15, 0.2) is 66.7 Å². The highest BCUT2D eigenvalue weighted by molar-refractivity contribution is 5.85. The molecule has 3 aromatic carbocycles. The number of carbonyl (C=O) groups excluding carboxylic acids is 1. The second-order valence-corrected chi connectivity index (χ2v) is 8.44. The van der Waals surface area contributed by atoms with Crippen molar-refractivity contribution in [1.82, 2.24) is 0 Å². The van der Waals surface area contributed by atoms with Crippen LogP contribution in [-0.4, -0.2) is 12.9 Å². The van der Waals surface area contributed by atoms with E-state index in [0.29, 0.717) is 17.9 Å². The Balaban J connectivity index is 2.14. The van der Waals surface area contributed by atoms with Gasteiger partial charge in [-0.25, -0.2) is 0 Å². The monoisotopic (exact) mass is 440 g/mol. The first-order valence-corrected chi connectivity index (χ1v) is 10.6. The van der Waals surface area contributed by atoms with Crippen LogP contribution in [-0.2, 0) is 11.0 Å². The van der Waals surface area contributed by atoms with E-state index in [-0.39, 0.29) is 11.7 Å². The molecule has 0 saturated heterocycles. The lowest BCUT2D eigenvalue weighted by atomic mass is 9.84. The molecule has 0 aliphatic carbocycles. The highest BCUT2D eigenvalue weighted by atomic mass is 19.4. The van der Waals surface area contributed by atoms with Gasteiger partial charge in [0.2, 0.25) is 0 Å². The maximum absolute atomic E-state index is 13.0. The first kappa shape index (κ1) is 23.6. The lowest BCUT2D eigenvalue weighted by Crippen LogP contribution is -2.12. The molecule has 0 aliphatic heterocycles. The third-order valence-corrected chi connectivity index (χ3v) is 5.52. The van der Waals surface area contributed by atoms with Gasteiger partial charge in [-0.3, -0.25) is 4.79 Å². The topological polar surface area (TPSA) is 26.3 Å². The van der Waals surface area contributed by atoms with Crippen molar-refractivity contribution in [1.29, 1.82) is 0 Å². The fourth-order valence-electron chi connectivity index (χ4n) is 3.83. The molecular weight excluding hydrogens is 413 g/mol. The second kappa shape index (κ2) is 9.60. The standard InChI is InChI=1S/C27H27F3O2/c1-17(2)13-26(18(3)31)23-15-21(19-5-9-24(10-6-19)27(28,29)30)14-22(16-23)20-7-11-25(32-4)12-8-20/h5-12,14-17,26H,13H2,1-4H3/t26-/m0/s1. The molecule has 0 bridgehead atoms. The van der Waals surface area contributed by atoms with Gasteiger partial charge in [-0.15, -0.1) is 0 Å². The second-order valence-electron chi connectivity index (χ2n) is 8.44. The number of Topliss-reactive ketones (excluding diaryl/α,β-unsaturated/α-hetero) is 1. The molecule has 3 rings (SSSR count). The SMILES string of the molecule is COc1ccc(-c2cc(-c3ccc(C(F)(F)F)cc3)cc([C@@H](CC(C)C)C(C)=O)c2)cc1. The fourth-order valence-corrected chi connectivity index (χ4v) is 3.83. The maximum atomic E-state index is 13.0. The van der Waals surface area contributed by atoms with Crippen LogP contribution in [0.3, 0.4) is 0 Å². The number of benzene rings is 3. The van der Waals surface area contributed by atoms with Crippen molar-refractivity contribution >= 4 is 5.78 Å². The predicted molar refractivity (Wildman–Crippen MR) is 122 cm³/mol. The Hall–Kier alpha value is -3.08. The Kier molecular flexibility index (Phi) is 7.07. The summed E-state index contributed by atoms with van der Waals surface area (Å²) < 4.78 is 44.2. The molecule has 0 aromatic heterocycles. The van der Waals surface area contributed by atoms with Crippen LogP contribution in [0.1, 0.15) is 44.2 Å². The van der Waals surface area contributed by atoms with Gasteiger partial charge in [0.1, 0.15) is 11.5 Å². The number of methoxy groups -OCH3 is 1. The molecule has 3 aromatic rings. The Morgan fingerprint density at radius 2 is 1.34 bits per heavy atom. The molecule has 0 saturated carbocycles. The zero-order valence-corrected chi connectivity index (χ0v) is 18.7. The highest BCUT2D eigenvalue weighted by Crippen LogP contribution is 2.36. The van der Waals surface area contributed by atoms with Crippen LogP contribution in [0, 0.1) is 5.92 Å². The van der Waals surface area contributed by atoms with E-state index in [4.69, 9.17) is 4.74 Å². The summed E-state index contributed by atoms with van der Waals surface area (Å²) in [7, 11) is 1.60. The van der Waals surface area contributed by atoms with Crippen molar-refractivity contribution in [2.24, 2.45) is 5.92 Å². The molecule has 0 radical (unpaired) electrons. The van der Waals surface area contributed by atoms with Crippen LogP contribution in [0.25, 0.3) is 22.3 Å². The van der Waals surface area contributed by atoms with E-state index in [1.165, 1.54) is 12.1 Å². The molecule has 2 nitrogen and oxygen atoms in total. The summed E-state index contributed by atoms with van der Waals surface area (Å²) in [5.74, 6) is 0.850. The number of ether oxygens (including phenoxy) is 1. The molecule has 0 amide bonds. The molecule has 32 heavy (non-hydrogen) atoms. The Labute approximate surface area is 187 Å². The fraction of sp³-hybridized carbons (Fsp3) is 0.296. The van der Waals surface area contributed by atoms with Crippen LogP contribution in [0.2, 0.25) is 0 Å². The summed E-state index contributed by atoms with van der Waals surface area (Å²) in [4.78, 5) is 12.5. The minimum Gasteiger partial charge on any atom is -0.497 e. The summed E-state index contributed by atoms with van der Waals surface area (Å²) in [6, 6.07) is 18.6. The number of hydrogen-bond acceptors (Lipinski definition) is 2.